The first-order chi connectivity index (χ1) is 15.0. The molecule has 1 unspecified atom stereocenters. The Bertz CT molecular complexity index is 1060. The second kappa shape index (κ2) is 11.0. The molecule has 2 aromatic carbocycles. The lowest BCUT2D eigenvalue weighted by atomic mass is 10.0. The Balaban J connectivity index is 1.58. The molecule has 1 atom stereocenters. The van der Waals surface area contributed by atoms with E-state index in [1.807, 2.05) is 56.3 Å². The Morgan fingerprint density at radius 1 is 1.10 bits per heavy atom. The molecule has 0 spiro atoms. The number of rotatable bonds is 9. The molecule has 0 radical (unpaired) electrons. The monoisotopic (exact) mass is 435 g/mol. The average molecular weight is 436 g/mol. The van der Waals surface area contributed by atoms with Gasteiger partial charge in [-0.05, 0) is 37.8 Å². The summed E-state index contributed by atoms with van der Waals surface area (Å²) in [6, 6.07) is 18.2. The third kappa shape index (κ3) is 6.56. The molecule has 0 aliphatic rings. The predicted octanol–water partition coefficient (Wildman–Crippen LogP) is 4.88. The molecule has 0 saturated carbocycles. The normalized spacial score (nSPS) is 11.8. The molecule has 0 aliphatic heterocycles. The van der Waals surface area contributed by atoms with E-state index in [1.54, 1.807) is 0 Å². The van der Waals surface area contributed by atoms with E-state index in [9.17, 15) is 9.59 Å². The summed E-state index contributed by atoms with van der Waals surface area (Å²) in [7, 11) is 0. The molecular weight excluding hydrogens is 406 g/mol. The summed E-state index contributed by atoms with van der Waals surface area (Å²) in [4.78, 5) is 32.5. The molecule has 1 amide bonds. The summed E-state index contributed by atoms with van der Waals surface area (Å²) in [6.45, 7) is 5.92. The third-order valence-electron chi connectivity index (χ3n) is 5.24. The van der Waals surface area contributed by atoms with Gasteiger partial charge in [0.25, 0.3) is 5.56 Å². The molecule has 1 heterocycles. The summed E-state index contributed by atoms with van der Waals surface area (Å²) >= 11 is 1.50. The van der Waals surface area contributed by atoms with Crippen molar-refractivity contribution < 1.29 is 4.79 Å². The van der Waals surface area contributed by atoms with E-state index < -0.39 is 0 Å². The largest absolute Gasteiger partial charge is 0.349 e. The molecule has 0 aliphatic carbocycles. The lowest BCUT2D eigenvalue weighted by molar-refractivity contribution is -0.121. The third-order valence-corrected chi connectivity index (χ3v) is 6.19. The maximum atomic E-state index is 12.6. The minimum atomic E-state index is -0.165. The minimum absolute atomic E-state index is 0.0256. The van der Waals surface area contributed by atoms with Crippen molar-refractivity contribution in [1.29, 1.82) is 0 Å². The van der Waals surface area contributed by atoms with Gasteiger partial charge in [-0.3, -0.25) is 9.59 Å². The van der Waals surface area contributed by atoms with Gasteiger partial charge in [0.2, 0.25) is 5.91 Å². The number of H-pyrrole nitrogens is 1. The molecule has 5 nitrogen and oxygen atoms in total. The Kier molecular flexibility index (Phi) is 8.06. The maximum Gasteiger partial charge on any atom is 0.254 e. The number of hydrogen-bond donors (Lipinski definition) is 2. The summed E-state index contributed by atoms with van der Waals surface area (Å²) in [6.07, 6.45) is 1.43. The van der Waals surface area contributed by atoms with Gasteiger partial charge >= 0.3 is 0 Å². The van der Waals surface area contributed by atoms with Crippen LogP contribution >= 0.6 is 11.8 Å². The van der Waals surface area contributed by atoms with Crippen LogP contribution in [-0.4, -0.2) is 15.9 Å². The number of carbonyl (C=O) groups excluding carboxylic acids is 1. The number of carbonyl (C=O) groups is 1. The maximum absolute atomic E-state index is 12.6. The minimum Gasteiger partial charge on any atom is -0.349 e. The molecule has 0 fully saturated rings. The van der Waals surface area contributed by atoms with E-state index in [-0.39, 0.29) is 23.9 Å². The van der Waals surface area contributed by atoms with Crippen molar-refractivity contribution in [3.63, 3.8) is 0 Å². The summed E-state index contributed by atoms with van der Waals surface area (Å²) in [5.74, 6) is 0.677. The standard InChI is InChI=1S/C25H29N3O2S/c1-4-22(20-12-10-17(2)11-13-20)27-23(29)15-14-21-18(3)26-25(28-24(21)30)31-16-19-8-6-5-7-9-19/h5-13,22H,4,14-16H2,1-3H3,(H,27,29)(H,26,28,30). The van der Waals surface area contributed by atoms with Crippen LogP contribution in [0.3, 0.4) is 0 Å². The van der Waals surface area contributed by atoms with Gasteiger partial charge in [-0.15, -0.1) is 0 Å². The highest BCUT2D eigenvalue weighted by atomic mass is 32.2. The number of aromatic nitrogens is 2. The number of nitrogens with one attached hydrogen (secondary N) is 2. The zero-order valence-corrected chi connectivity index (χ0v) is 19.1. The smallest absolute Gasteiger partial charge is 0.254 e. The van der Waals surface area contributed by atoms with Crippen LogP contribution in [0.15, 0.2) is 64.5 Å². The van der Waals surface area contributed by atoms with Crippen LogP contribution < -0.4 is 10.9 Å². The Morgan fingerprint density at radius 3 is 2.45 bits per heavy atom. The highest BCUT2D eigenvalue weighted by molar-refractivity contribution is 7.98. The first-order valence-electron chi connectivity index (χ1n) is 10.6. The number of nitrogens with zero attached hydrogens (tertiary/aromatic N) is 1. The van der Waals surface area contributed by atoms with Gasteiger partial charge in [-0.1, -0.05) is 78.8 Å². The molecular formula is C25H29N3O2S. The first kappa shape index (κ1) is 22.8. The van der Waals surface area contributed by atoms with Gasteiger partial charge in [0.15, 0.2) is 5.16 Å². The highest BCUT2D eigenvalue weighted by Crippen LogP contribution is 2.20. The van der Waals surface area contributed by atoms with Crippen molar-refractivity contribution in [2.24, 2.45) is 0 Å². The Hall–Kier alpha value is -2.86. The predicted molar refractivity (Wildman–Crippen MR) is 126 cm³/mol. The van der Waals surface area contributed by atoms with Crippen LogP contribution in [0.5, 0.6) is 0 Å². The Morgan fingerprint density at radius 2 is 1.81 bits per heavy atom. The number of benzene rings is 2. The fraction of sp³-hybridized carbons (Fsp3) is 0.320. The van der Waals surface area contributed by atoms with Crippen molar-refractivity contribution in [2.45, 2.75) is 57.0 Å². The number of aryl methyl sites for hydroxylation is 2. The average Bonchev–Trinajstić information content (AvgIpc) is 2.77. The number of thioether (sulfide) groups is 1. The molecule has 2 N–H and O–H groups in total. The van der Waals surface area contributed by atoms with Gasteiger partial charge in [-0.25, -0.2) is 4.98 Å². The zero-order chi connectivity index (χ0) is 22.2. The van der Waals surface area contributed by atoms with Crippen molar-refractivity contribution in [3.05, 3.63) is 92.9 Å². The van der Waals surface area contributed by atoms with Crippen LogP contribution in [0.25, 0.3) is 0 Å². The van der Waals surface area contributed by atoms with Crippen molar-refractivity contribution >= 4 is 17.7 Å². The molecule has 3 rings (SSSR count). The van der Waals surface area contributed by atoms with E-state index in [2.05, 4.69) is 34.3 Å². The van der Waals surface area contributed by atoms with Gasteiger partial charge in [0.1, 0.15) is 0 Å². The topological polar surface area (TPSA) is 74.8 Å². The number of amides is 1. The summed E-state index contributed by atoms with van der Waals surface area (Å²) < 4.78 is 0. The number of hydrogen-bond acceptors (Lipinski definition) is 4. The fourth-order valence-electron chi connectivity index (χ4n) is 3.40. The molecule has 31 heavy (non-hydrogen) atoms. The zero-order valence-electron chi connectivity index (χ0n) is 18.3. The van der Waals surface area contributed by atoms with E-state index in [0.717, 1.165) is 17.7 Å². The van der Waals surface area contributed by atoms with Gasteiger partial charge in [0.05, 0.1) is 6.04 Å². The van der Waals surface area contributed by atoms with E-state index in [1.165, 1.54) is 22.9 Å². The molecule has 3 aromatic rings. The SMILES string of the molecule is CCC(NC(=O)CCc1c(C)nc(SCc2ccccc2)[nH]c1=O)c1ccc(C)cc1. The molecule has 162 valence electrons. The van der Waals surface area contributed by atoms with Gasteiger partial charge in [0, 0.05) is 23.4 Å². The van der Waals surface area contributed by atoms with E-state index in [4.69, 9.17) is 0 Å². The van der Waals surface area contributed by atoms with Crippen molar-refractivity contribution in [3.8, 4) is 0 Å². The molecule has 0 saturated heterocycles. The van der Waals surface area contributed by atoms with Crippen LogP contribution in [-0.2, 0) is 17.0 Å². The van der Waals surface area contributed by atoms with Gasteiger partial charge < -0.3 is 10.3 Å². The second-order valence-electron chi connectivity index (χ2n) is 7.65. The quantitative estimate of drug-likeness (QED) is 0.371. The first-order valence-corrected chi connectivity index (χ1v) is 11.6. The fourth-order valence-corrected chi connectivity index (χ4v) is 4.26. The van der Waals surface area contributed by atoms with Crippen LogP contribution in [0.2, 0.25) is 0 Å². The van der Waals surface area contributed by atoms with Crippen LogP contribution in [0.4, 0.5) is 0 Å². The summed E-state index contributed by atoms with van der Waals surface area (Å²) in [5, 5.41) is 3.69. The van der Waals surface area contributed by atoms with E-state index >= 15 is 0 Å². The van der Waals surface area contributed by atoms with Crippen LogP contribution in [0, 0.1) is 13.8 Å². The molecule has 6 heteroatoms. The lowest BCUT2D eigenvalue weighted by Crippen LogP contribution is -2.29. The molecule has 1 aromatic heterocycles. The van der Waals surface area contributed by atoms with Crippen LogP contribution in [0.1, 0.15) is 53.8 Å². The molecule has 0 bridgehead atoms. The Labute approximate surface area is 187 Å². The number of aromatic amines is 1. The highest BCUT2D eigenvalue weighted by Gasteiger charge is 2.15. The van der Waals surface area contributed by atoms with E-state index in [0.29, 0.717) is 22.8 Å². The van der Waals surface area contributed by atoms with Gasteiger partial charge in [-0.2, -0.15) is 0 Å². The summed E-state index contributed by atoms with van der Waals surface area (Å²) in [5.41, 5.74) is 4.55. The second-order valence-corrected chi connectivity index (χ2v) is 8.61. The van der Waals surface area contributed by atoms with Crippen molar-refractivity contribution in [1.82, 2.24) is 15.3 Å². The lowest BCUT2D eigenvalue weighted by Gasteiger charge is -2.18. The van der Waals surface area contributed by atoms with Crippen molar-refractivity contribution in [2.75, 3.05) is 0 Å².